The van der Waals surface area contributed by atoms with E-state index in [1.807, 2.05) is 18.2 Å². The predicted molar refractivity (Wildman–Crippen MR) is 109 cm³/mol. The number of hydrogen-bond acceptors (Lipinski definition) is 6. The third-order valence-electron chi connectivity index (χ3n) is 5.70. The average molecular weight is 416 g/mol. The minimum absolute atomic E-state index is 0.255. The summed E-state index contributed by atoms with van der Waals surface area (Å²) in [6.07, 6.45) is 5.32. The topological polar surface area (TPSA) is 88.6 Å². The molecule has 2 amide bonds. The maximum Gasteiger partial charge on any atom is 0.327 e. The molecule has 29 heavy (non-hydrogen) atoms. The highest BCUT2D eigenvalue weighted by Crippen LogP contribution is 2.37. The zero-order chi connectivity index (χ0) is 19.8. The quantitative estimate of drug-likeness (QED) is 0.793. The molecule has 152 valence electrons. The van der Waals surface area contributed by atoms with Gasteiger partial charge in [0.15, 0.2) is 5.79 Å². The van der Waals surface area contributed by atoms with Crippen molar-refractivity contribution in [1.29, 1.82) is 0 Å². The molecule has 8 nitrogen and oxygen atoms in total. The number of benzene rings is 1. The molecule has 5 rings (SSSR count). The summed E-state index contributed by atoms with van der Waals surface area (Å²) >= 11 is 6.25. The Balaban J connectivity index is 1.27. The van der Waals surface area contributed by atoms with Crippen LogP contribution in [-0.2, 0) is 16.0 Å². The summed E-state index contributed by atoms with van der Waals surface area (Å²) in [7, 11) is 0. The third-order valence-corrected chi connectivity index (χ3v) is 6.02. The van der Waals surface area contributed by atoms with Crippen molar-refractivity contribution < 1.29 is 14.3 Å². The molecule has 2 aromatic rings. The maximum atomic E-state index is 12.6. The van der Waals surface area contributed by atoms with Crippen LogP contribution in [0.3, 0.4) is 0 Å². The molecule has 1 saturated heterocycles. The molecule has 1 spiro atoms. The Morgan fingerprint density at radius 1 is 1.21 bits per heavy atom. The summed E-state index contributed by atoms with van der Waals surface area (Å²) in [5, 5.41) is 6.76. The number of fused-ring (bicyclic) bond motifs is 1. The van der Waals surface area contributed by atoms with Gasteiger partial charge in [0.2, 0.25) is 5.95 Å². The number of carbonyl (C=O) groups excluding carboxylic acids is 1. The van der Waals surface area contributed by atoms with E-state index < -0.39 is 0 Å². The SMILES string of the molecule is O=C1Nc2nc(NC3CCC4(CC3)OCCO4)ncc2CN1c1ccccc1Cl. The Morgan fingerprint density at radius 3 is 2.72 bits per heavy atom. The second-order valence-electron chi connectivity index (χ2n) is 7.56. The minimum Gasteiger partial charge on any atom is -0.351 e. The summed E-state index contributed by atoms with van der Waals surface area (Å²) < 4.78 is 11.6. The summed E-state index contributed by atoms with van der Waals surface area (Å²) in [6.45, 7) is 1.72. The van der Waals surface area contributed by atoms with Crippen molar-refractivity contribution in [1.82, 2.24) is 9.97 Å². The van der Waals surface area contributed by atoms with E-state index in [9.17, 15) is 4.79 Å². The Labute approximate surface area is 173 Å². The van der Waals surface area contributed by atoms with Gasteiger partial charge in [-0.25, -0.2) is 9.78 Å². The summed E-state index contributed by atoms with van der Waals surface area (Å²) in [5.74, 6) is 0.667. The van der Waals surface area contributed by atoms with Gasteiger partial charge in [0.25, 0.3) is 0 Å². The highest BCUT2D eigenvalue weighted by molar-refractivity contribution is 6.34. The van der Waals surface area contributed by atoms with Crippen LogP contribution < -0.4 is 15.5 Å². The number of anilines is 3. The first kappa shape index (κ1) is 18.6. The first-order valence-corrected chi connectivity index (χ1v) is 10.2. The fraction of sp³-hybridized carbons (Fsp3) is 0.450. The number of hydrogen-bond donors (Lipinski definition) is 2. The van der Waals surface area contributed by atoms with Crippen molar-refractivity contribution in [3.63, 3.8) is 0 Å². The van der Waals surface area contributed by atoms with Gasteiger partial charge in [-0.2, -0.15) is 4.98 Å². The molecule has 0 radical (unpaired) electrons. The van der Waals surface area contributed by atoms with Gasteiger partial charge in [0.05, 0.1) is 30.5 Å². The number of carbonyl (C=O) groups is 1. The van der Waals surface area contributed by atoms with Gasteiger partial charge in [-0.05, 0) is 25.0 Å². The molecule has 2 aliphatic heterocycles. The highest BCUT2D eigenvalue weighted by atomic mass is 35.5. The lowest BCUT2D eigenvalue weighted by molar-refractivity contribution is -0.177. The Morgan fingerprint density at radius 2 is 1.97 bits per heavy atom. The molecule has 0 atom stereocenters. The maximum absolute atomic E-state index is 12.6. The lowest BCUT2D eigenvalue weighted by Gasteiger charge is -2.35. The fourth-order valence-electron chi connectivity index (χ4n) is 4.15. The summed E-state index contributed by atoms with van der Waals surface area (Å²) in [6, 6.07) is 7.26. The number of para-hydroxylation sites is 1. The molecule has 1 saturated carbocycles. The lowest BCUT2D eigenvalue weighted by Crippen LogP contribution is -2.40. The van der Waals surface area contributed by atoms with E-state index in [0.29, 0.717) is 42.2 Å². The van der Waals surface area contributed by atoms with Crippen molar-refractivity contribution in [2.24, 2.45) is 0 Å². The third kappa shape index (κ3) is 3.63. The highest BCUT2D eigenvalue weighted by Gasteiger charge is 2.40. The van der Waals surface area contributed by atoms with Gasteiger partial charge in [-0.15, -0.1) is 0 Å². The van der Waals surface area contributed by atoms with E-state index in [-0.39, 0.29) is 17.9 Å². The first-order chi connectivity index (χ1) is 14.1. The van der Waals surface area contributed by atoms with Crippen molar-refractivity contribution in [3.05, 3.63) is 41.0 Å². The number of aromatic nitrogens is 2. The van der Waals surface area contributed by atoms with E-state index in [1.165, 1.54) is 0 Å². The van der Waals surface area contributed by atoms with Gasteiger partial charge < -0.3 is 14.8 Å². The molecule has 1 aromatic heterocycles. The second kappa shape index (κ2) is 7.44. The number of amides is 2. The molecule has 3 aliphatic rings. The Kier molecular flexibility index (Phi) is 4.77. The van der Waals surface area contributed by atoms with Crippen LogP contribution >= 0.6 is 11.6 Å². The minimum atomic E-state index is -0.384. The molecule has 0 bridgehead atoms. The molecule has 2 fully saturated rings. The lowest BCUT2D eigenvalue weighted by atomic mass is 9.90. The Hall–Kier alpha value is -2.42. The predicted octanol–water partition coefficient (Wildman–Crippen LogP) is 3.78. The van der Waals surface area contributed by atoms with E-state index >= 15 is 0 Å². The first-order valence-electron chi connectivity index (χ1n) is 9.85. The number of ether oxygens (including phenoxy) is 2. The van der Waals surface area contributed by atoms with Gasteiger partial charge in [-0.1, -0.05) is 23.7 Å². The molecule has 3 heterocycles. The van der Waals surface area contributed by atoms with E-state index in [1.54, 1.807) is 17.2 Å². The molecule has 0 unspecified atom stereocenters. The monoisotopic (exact) mass is 415 g/mol. The van der Waals surface area contributed by atoms with Crippen LogP contribution in [-0.4, -0.2) is 41.0 Å². The molecule has 2 N–H and O–H groups in total. The van der Waals surface area contributed by atoms with Crippen LogP contribution in [0.2, 0.25) is 5.02 Å². The molecule has 9 heteroatoms. The number of urea groups is 1. The zero-order valence-electron chi connectivity index (χ0n) is 15.9. The average Bonchev–Trinajstić information content (AvgIpc) is 3.18. The second-order valence-corrected chi connectivity index (χ2v) is 7.97. The van der Waals surface area contributed by atoms with E-state index in [0.717, 1.165) is 31.2 Å². The number of halogens is 1. The standard InChI is InChI=1S/C20H22ClN5O3/c21-15-3-1-2-4-16(15)26-12-13-11-22-18(24-17(13)25-19(26)27)23-14-5-7-20(8-6-14)28-9-10-29-20/h1-4,11,14H,5-10,12H2,(H2,22,23,24,25,27). The van der Waals surface area contributed by atoms with Crippen molar-refractivity contribution in [2.75, 3.05) is 28.7 Å². The molecular weight excluding hydrogens is 394 g/mol. The number of nitrogens with one attached hydrogen (secondary N) is 2. The van der Waals surface area contributed by atoms with Gasteiger partial charge >= 0.3 is 6.03 Å². The van der Waals surface area contributed by atoms with Crippen molar-refractivity contribution >= 4 is 35.1 Å². The molecular formula is C20H22ClN5O3. The zero-order valence-corrected chi connectivity index (χ0v) is 16.6. The summed E-state index contributed by atoms with van der Waals surface area (Å²) in [4.78, 5) is 23.2. The van der Waals surface area contributed by atoms with Crippen LogP contribution in [0.15, 0.2) is 30.5 Å². The summed E-state index contributed by atoms with van der Waals surface area (Å²) in [5.41, 5.74) is 1.50. The van der Waals surface area contributed by atoms with E-state index in [4.69, 9.17) is 21.1 Å². The number of rotatable bonds is 3. The fourth-order valence-corrected chi connectivity index (χ4v) is 4.38. The van der Waals surface area contributed by atoms with Gasteiger partial charge in [-0.3, -0.25) is 10.2 Å². The van der Waals surface area contributed by atoms with Crippen LogP contribution in [0.1, 0.15) is 31.2 Å². The number of nitrogens with zero attached hydrogens (tertiary/aromatic N) is 3. The van der Waals surface area contributed by atoms with Crippen molar-refractivity contribution in [3.8, 4) is 0 Å². The normalized spacial score (nSPS) is 21.1. The Bertz CT molecular complexity index is 924. The van der Waals surface area contributed by atoms with Gasteiger partial charge in [0.1, 0.15) is 5.82 Å². The van der Waals surface area contributed by atoms with Crippen molar-refractivity contribution in [2.45, 2.75) is 44.1 Å². The largest absolute Gasteiger partial charge is 0.351 e. The van der Waals surface area contributed by atoms with Crippen LogP contribution in [0, 0.1) is 0 Å². The molecule has 1 aliphatic carbocycles. The molecule has 1 aromatic carbocycles. The van der Waals surface area contributed by atoms with Crippen LogP contribution in [0.25, 0.3) is 0 Å². The van der Waals surface area contributed by atoms with E-state index in [2.05, 4.69) is 20.6 Å². The van der Waals surface area contributed by atoms with Crippen LogP contribution in [0.4, 0.5) is 22.2 Å². The van der Waals surface area contributed by atoms with Crippen LogP contribution in [0.5, 0.6) is 0 Å². The van der Waals surface area contributed by atoms with Gasteiger partial charge in [0, 0.05) is 30.6 Å². The smallest absolute Gasteiger partial charge is 0.327 e.